The van der Waals surface area contributed by atoms with Gasteiger partial charge in [-0.3, -0.25) is 4.79 Å². The number of rotatable bonds is 4. The Kier molecular flexibility index (Phi) is 5.01. The van der Waals surface area contributed by atoms with Gasteiger partial charge in [0, 0.05) is 36.6 Å². The van der Waals surface area contributed by atoms with Gasteiger partial charge in [0.25, 0.3) is 0 Å². The first-order valence-electron chi connectivity index (χ1n) is 8.08. The van der Waals surface area contributed by atoms with Crippen molar-refractivity contribution >= 4 is 17.8 Å². The highest BCUT2D eigenvalue weighted by molar-refractivity contribution is 6.06. The first-order valence-corrected chi connectivity index (χ1v) is 8.08. The number of allylic oxidation sites excluding steroid dienone is 1. The molecule has 1 aromatic carbocycles. The summed E-state index contributed by atoms with van der Waals surface area (Å²) in [6, 6.07) is 5.74. The molecule has 1 aliphatic heterocycles. The van der Waals surface area contributed by atoms with E-state index in [9.17, 15) is 4.79 Å². The van der Waals surface area contributed by atoms with Gasteiger partial charge in [0.15, 0.2) is 5.78 Å². The Morgan fingerprint density at radius 2 is 1.83 bits per heavy atom. The zero-order valence-electron chi connectivity index (χ0n) is 14.0. The lowest BCUT2D eigenvalue weighted by atomic mass is 10.0. The normalized spacial score (nSPS) is 15.0. The van der Waals surface area contributed by atoms with Gasteiger partial charge < -0.3 is 9.64 Å². The Balaban J connectivity index is 1.67. The molecule has 0 spiro atoms. The highest BCUT2D eigenvalue weighted by atomic mass is 16.5. The summed E-state index contributed by atoms with van der Waals surface area (Å²) in [5, 5.41) is 0. The SMILES string of the molecule is Cc1ccc(C(=O)/C=C/c2cnc(N3CCOCC3)nc2)cc1C. The summed E-state index contributed by atoms with van der Waals surface area (Å²) in [7, 11) is 0. The second-order valence-corrected chi connectivity index (χ2v) is 5.91. The lowest BCUT2D eigenvalue weighted by Crippen LogP contribution is -2.37. The molecule has 5 heteroatoms. The summed E-state index contributed by atoms with van der Waals surface area (Å²) < 4.78 is 5.32. The van der Waals surface area contributed by atoms with Crippen LogP contribution in [0, 0.1) is 13.8 Å². The number of benzene rings is 1. The van der Waals surface area contributed by atoms with Crippen molar-refractivity contribution in [3.63, 3.8) is 0 Å². The van der Waals surface area contributed by atoms with E-state index in [1.54, 1.807) is 24.5 Å². The Bertz CT molecular complexity index is 748. The zero-order valence-corrected chi connectivity index (χ0v) is 14.0. The van der Waals surface area contributed by atoms with E-state index in [-0.39, 0.29) is 5.78 Å². The molecule has 3 rings (SSSR count). The summed E-state index contributed by atoms with van der Waals surface area (Å²) in [6.45, 7) is 7.06. The van der Waals surface area contributed by atoms with Crippen LogP contribution >= 0.6 is 0 Å². The van der Waals surface area contributed by atoms with Crippen LogP contribution in [-0.2, 0) is 4.74 Å². The summed E-state index contributed by atoms with van der Waals surface area (Å²) in [5.41, 5.74) is 3.81. The molecule has 24 heavy (non-hydrogen) atoms. The zero-order chi connectivity index (χ0) is 16.9. The van der Waals surface area contributed by atoms with Crippen LogP contribution in [0.3, 0.4) is 0 Å². The third kappa shape index (κ3) is 3.86. The highest BCUT2D eigenvalue weighted by Gasteiger charge is 2.13. The smallest absolute Gasteiger partial charge is 0.225 e. The third-order valence-electron chi connectivity index (χ3n) is 4.17. The summed E-state index contributed by atoms with van der Waals surface area (Å²) >= 11 is 0. The van der Waals surface area contributed by atoms with Crippen LogP contribution in [0.4, 0.5) is 5.95 Å². The number of hydrogen-bond acceptors (Lipinski definition) is 5. The van der Waals surface area contributed by atoms with E-state index in [4.69, 9.17) is 4.74 Å². The fraction of sp³-hybridized carbons (Fsp3) is 0.316. The minimum atomic E-state index is -0.0182. The Hall–Kier alpha value is -2.53. The Labute approximate surface area is 142 Å². The summed E-state index contributed by atoms with van der Waals surface area (Å²) in [6.07, 6.45) is 6.79. The van der Waals surface area contributed by atoms with Gasteiger partial charge >= 0.3 is 0 Å². The number of aromatic nitrogens is 2. The molecule has 1 aromatic heterocycles. The van der Waals surface area contributed by atoms with Crippen molar-refractivity contribution in [2.75, 3.05) is 31.2 Å². The predicted octanol–water partition coefficient (Wildman–Crippen LogP) is 2.83. The monoisotopic (exact) mass is 323 g/mol. The fourth-order valence-corrected chi connectivity index (χ4v) is 2.51. The average Bonchev–Trinajstić information content (AvgIpc) is 2.63. The van der Waals surface area contributed by atoms with Crippen LogP contribution in [0.2, 0.25) is 0 Å². The Morgan fingerprint density at radius 3 is 2.50 bits per heavy atom. The number of anilines is 1. The van der Waals surface area contributed by atoms with Crippen molar-refractivity contribution < 1.29 is 9.53 Å². The summed E-state index contributed by atoms with van der Waals surface area (Å²) in [5.74, 6) is 0.686. The van der Waals surface area contributed by atoms with Gasteiger partial charge in [-0.05, 0) is 43.2 Å². The number of ether oxygens (including phenoxy) is 1. The standard InChI is InChI=1S/C19H21N3O2/c1-14-3-5-17(11-15(14)2)18(23)6-4-16-12-20-19(21-13-16)22-7-9-24-10-8-22/h3-6,11-13H,7-10H2,1-2H3/b6-4+. The number of aryl methyl sites for hydroxylation is 2. The van der Waals surface area contributed by atoms with Crippen molar-refractivity contribution in [3.8, 4) is 0 Å². The van der Waals surface area contributed by atoms with E-state index in [1.807, 2.05) is 32.0 Å². The van der Waals surface area contributed by atoms with Crippen molar-refractivity contribution in [1.82, 2.24) is 9.97 Å². The van der Waals surface area contributed by atoms with Crippen LogP contribution in [0.25, 0.3) is 6.08 Å². The van der Waals surface area contributed by atoms with E-state index < -0.39 is 0 Å². The second kappa shape index (κ2) is 7.36. The molecule has 0 amide bonds. The fourth-order valence-electron chi connectivity index (χ4n) is 2.51. The van der Waals surface area contributed by atoms with E-state index >= 15 is 0 Å². The van der Waals surface area contributed by atoms with Crippen molar-refractivity contribution in [1.29, 1.82) is 0 Å². The van der Waals surface area contributed by atoms with E-state index in [1.165, 1.54) is 5.56 Å². The first kappa shape index (κ1) is 16.3. The quantitative estimate of drug-likeness (QED) is 0.640. The number of carbonyl (C=O) groups is 1. The van der Waals surface area contributed by atoms with Gasteiger partial charge in [0.1, 0.15) is 0 Å². The van der Waals surface area contributed by atoms with Crippen molar-refractivity contribution in [2.45, 2.75) is 13.8 Å². The molecule has 1 fully saturated rings. The lowest BCUT2D eigenvalue weighted by molar-refractivity contribution is 0.104. The molecular weight excluding hydrogens is 302 g/mol. The van der Waals surface area contributed by atoms with Crippen LogP contribution in [-0.4, -0.2) is 42.1 Å². The number of morpholine rings is 1. The van der Waals surface area contributed by atoms with Gasteiger partial charge in [-0.2, -0.15) is 0 Å². The number of nitrogens with zero attached hydrogens (tertiary/aromatic N) is 3. The average molecular weight is 323 g/mol. The van der Waals surface area contributed by atoms with Crippen molar-refractivity contribution in [2.24, 2.45) is 0 Å². The molecule has 0 aliphatic carbocycles. The van der Waals surface area contributed by atoms with Crippen LogP contribution in [0.5, 0.6) is 0 Å². The minimum absolute atomic E-state index is 0.0182. The molecule has 0 saturated carbocycles. The molecule has 0 bridgehead atoms. The molecule has 2 heterocycles. The molecule has 2 aromatic rings. The van der Waals surface area contributed by atoms with Gasteiger partial charge in [0.05, 0.1) is 13.2 Å². The van der Waals surface area contributed by atoms with E-state index in [0.717, 1.165) is 24.2 Å². The lowest BCUT2D eigenvalue weighted by Gasteiger charge is -2.26. The summed E-state index contributed by atoms with van der Waals surface area (Å²) in [4.78, 5) is 23.1. The number of hydrogen-bond donors (Lipinski definition) is 0. The highest BCUT2D eigenvalue weighted by Crippen LogP contribution is 2.13. The maximum Gasteiger partial charge on any atom is 0.225 e. The first-order chi connectivity index (χ1) is 11.6. The molecule has 1 aliphatic rings. The van der Waals surface area contributed by atoms with Gasteiger partial charge in [-0.25, -0.2) is 9.97 Å². The molecule has 0 atom stereocenters. The predicted molar refractivity (Wildman–Crippen MR) is 94.3 cm³/mol. The molecule has 5 nitrogen and oxygen atoms in total. The maximum absolute atomic E-state index is 12.2. The Morgan fingerprint density at radius 1 is 1.12 bits per heavy atom. The van der Waals surface area contributed by atoms with E-state index in [0.29, 0.717) is 24.7 Å². The molecule has 0 N–H and O–H groups in total. The van der Waals surface area contributed by atoms with Gasteiger partial charge in [-0.1, -0.05) is 12.1 Å². The van der Waals surface area contributed by atoms with Crippen LogP contribution in [0.1, 0.15) is 27.0 Å². The van der Waals surface area contributed by atoms with Crippen LogP contribution in [0.15, 0.2) is 36.7 Å². The number of carbonyl (C=O) groups excluding carboxylic acids is 1. The largest absolute Gasteiger partial charge is 0.378 e. The maximum atomic E-state index is 12.2. The van der Waals surface area contributed by atoms with Gasteiger partial charge in [0.2, 0.25) is 5.95 Å². The minimum Gasteiger partial charge on any atom is -0.378 e. The third-order valence-corrected chi connectivity index (χ3v) is 4.17. The van der Waals surface area contributed by atoms with Gasteiger partial charge in [-0.15, -0.1) is 0 Å². The molecule has 124 valence electrons. The number of ketones is 1. The molecule has 0 radical (unpaired) electrons. The van der Waals surface area contributed by atoms with Crippen LogP contribution < -0.4 is 4.90 Å². The second-order valence-electron chi connectivity index (χ2n) is 5.91. The molecular formula is C19H21N3O2. The van der Waals surface area contributed by atoms with Crippen molar-refractivity contribution in [3.05, 3.63) is 58.9 Å². The van der Waals surface area contributed by atoms with E-state index in [2.05, 4.69) is 14.9 Å². The molecule has 0 unspecified atom stereocenters. The molecule has 1 saturated heterocycles. The topological polar surface area (TPSA) is 55.3 Å².